The van der Waals surface area contributed by atoms with Crippen LogP contribution < -0.4 is 5.32 Å². The first-order valence-electron chi connectivity index (χ1n) is 6.98. The zero-order valence-corrected chi connectivity index (χ0v) is 15.0. The van der Waals surface area contributed by atoms with E-state index in [0.717, 1.165) is 0 Å². The lowest BCUT2D eigenvalue weighted by molar-refractivity contribution is 0.0937. The summed E-state index contributed by atoms with van der Waals surface area (Å²) < 4.78 is 1.36. The van der Waals surface area contributed by atoms with Crippen molar-refractivity contribution in [2.45, 2.75) is 13.0 Å². The van der Waals surface area contributed by atoms with Crippen molar-refractivity contribution in [2.24, 2.45) is 0 Å². The molecule has 0 bridgehead atoms. The van der Waals surface area contributed by atoms with Crippen molar-refractivity contribution in [1.29, 1.82) is 0 Å². The van der Waals surface area contributed by atoms with Crippen LogP contribution >= 0.6 is 34.8 Å². The quantitative estimate of drug-likeness (QED) is 0.679. The van der Waals surface area contributed by atoms with Gasteiger partial charge in [0.1, 0.15) is 10.3 Å². The van der Waals surface area contributed by atoms with Crippen molar-refractivity contribution in [2.75, 3.05) is 0 Å². The Morgan fingerprint density at radius 2 is 1.76 bits per heavy atom. The van der Waals surface area contributed by atoms with Gasteiger partial charge in [0, 0.05) is 18.0 Å². The molecule has 8 nitrogen and oxygen atoms in total. The number of halogens is 3. The van der Waals surface area contributed by atoms with Crippen molar-refractivity contribution in [3.05, 3.63) is 57.6 Å². The maximum absolute atomic E-state index is 12.4. The average molecular weight is 399 g/mol. The van der Waals surface area contributed by atoms with E-state index in [4.69, 9.17) is 34.8 Å². The number of carbonyl (C=O) groups is 1. The second kappa shape index (κ2) is 7.30. The first-order chi connectivity index (χ1) is 11.9. The molecule has 11 heteroatoms. The Balaban J connectivity index is 1.87. The summed E-state index contributed by atoms with van der Waals surface area (Å²) in [5, 5.41) is 7.07. The minimum Gasteiger partial charge on any atom is -0.342 e. The number of nitrogens with zero attached hydrogens (tertiary/aromatic N) is 6. The Morgan fingerprint density at radius 1 is 1.12 bits per heavy atom. The molecule has 3 heterocycles. The molecular formula is C14H10Cl3N7O. The van der Waals surface area contributed by atoms with Crippen molar-refractivity contribution in [1.82, 2.24) is 35.0 Å². The molecule has 0 aromatic carbocycles. The lowest BCUT2D eigenvalue weighted by Gasteiger charge is -2.14. The highest BCUT2D eigenvalue weighted by atomic mass is 35.5. The Labute approximate surface area is 157 Å². The van der Waals surface area contributed by atoms with E-state index in [9.17, 15) is 4.79 Å². The van der Waals surface area contributed by atoms with E-state index in [-0.39, 0.29) is 27.1 Å². The maximum atomic E-state index is 12.4. The Bertz CT molecular complexity index is 896. The van der Waals surface area contributed by atoms with Crippen LogP contribution in [0.2, 0.25) is 15.6 Å². The van der Waals surface area contributed by atoms with E-state index in [2.05, 4.69) is 30.4 Å². The fraction of sp³-hybridized carbons (Fsp3) is 0.143. The van der Waals surface area contributed by atoms with Gasteiger partial charge >= 0.3 is 0 Å². The maximum Gasteiger partial charge on any atom is 0.252 e. The summed E-state index contributed by atoms with van der Waals surface area (Å²) in [6.07, 6.45) is 3.12. The topological polar surface area (TPSA) is 98.5 Å². The number of nitrogens with one attached hydrogen (secondary N) is 1. The second-order valence-corrected chi connectivity index (χ2v) is 6.01. The van der Waals surface area contributed by atoms with Gasteiger partial charge in [-0.15, -0.1) is 5.10 Å². The molecule has 25 heavy (non-hydrogen) atoms. The summed E-state index contributed by atoms with van der Waals surface area (Å²) in [6.45, 7) is 1.72. The lowest BCUT2D eigenvalue weighted by Crippen LogP contribution is -2.29. The third-order valence-corrected chi connectivity index (χ3v) is 3.66. The van der Waals surface area contributed by atoms with Gasteiger partial charge in [-0.1, -0.05) is 23.2 Å². The second-order valence-electron chi connectivity index (χ2n) is 4.90. The van der Waals surface area contributed by atoms with E-state index >= 15 is 0 Å². The predicted octanol–water partition coefficient (Wildman–Crippen LogP) is 2.90. The molecule has 1 amide bonds. The van der Waals surface area contributed by atoms with E-state index in [0.29, 0.717) is 5.82 Å². The van der Waals surface area contributed by atoms with Crippen molar-refractivity contribution < 1.29 is 4.79 Å². The molecule has 1 atom stereocenters. The monoisotopic (exact) mass is 397 g/mol. The Kier molecular flexibility index (Phi) is 5.12. The summed E-state index contributed by atoms with van der Waals surface area (Å²) in [5.41, 5.74) is 0.268. The lowest BCUT2D eigenvalue weighted by atomic mass is 10.2. The summed E-state index contributed by atoms with van der Waals surface area (Å²) in [5.74, 6) is 0.252. The molecule has 3 rings (SSSR count). The van der Waals surface area contributed by atoms with Gasteiger partial charge in [0.15, 0.2) is 5.82 Å². The molecule has 0 aliphatic heterocycles. The number of rotatable bonds is 4. The third kappa shape index (κ3) is 4.04. The van der Waals surface area contributed by atoms with Crippen LogP contribution in [-0.2, 0) is 0 Å². The number of pyridine rings is 1. The van der Waals surface area contributed by atoms with Crippen LogP contribution in [0.3, 0.4) is 0 Å². The number of amides is 1. The summed E-state index contributed by atoms with van der Waals surface area (Å²) in [7, 11) is 0. The predicted molar refractivity (Wildman–Crippen MR) is 92.1 cm³/mol. The first-order valence-corrected chi connectivity index (χ1v) is 8.11. The van der Waals surface area contributed by atoms with Crippen molar-refractivity contribution in [3.63, 3.8) is 0 Å². The van der Waals surface area contributed by atoms with E-state index in [1.165, 1.54) is 16.8 Å². The zero-order valence-electron chi connectivity index (χ0n) is 12.7. The molecule has 128 valence electrons. The Hall–Kier alpha value is -2.29. The molecule has 0 aliphatic carbocycles. The van der Waals surface area contributed by atoms with Gasteiger partial charge in [-0.05, 0) is 36.7 Å². The number of carbonyl (C=O) groups excluding carboxylic acids is 1. The normalized spacial score (nSPS) is 12.0. The summed E-state index contributed by atoms with van der Waals surface area (Å²) in [6, 6.07) is 3.95. The molecular weight excluding hydrogens is 389 g/mol. The highest BCUT2D eigenvalue weighted by Gasteiger charge is 2.21. The molecule has 3 aromatic heterocycles. The molecule has 0 saturated carbocycles. The van der Waals surface area contributed by atoms with Crippen LogP contribution in [0.1, 0.15) is 29.1 Å². The highest BCUT2D eigenvalue weighted by Crippen LogP contribution is 2.18. The summed E-state index contributed by atoms with van der Waals surface area (Å²) in [4.78, 5) is 28.5. The highest BCUT2D eigenvalue weighted by molar-refractivity contribution is 6.33. The molecule has 1 unspecified atom stereocenters. The van der Waals surface area contributed by atoms with Crippen LogP contribution in [0.15, 0.2) is 30.6 Å². The standard InChI is InChI=1S/C14H10Cl3N7O/c1-7(20-12(25)8-5-9(15)21-10(16)6-8)11-22-13(17)23-24(11)14-18-3-2-4-19-14/h2-7H,1H3,(H,20,25). The summed E-state index contributed by atoms with van der Waals surface area (Å²) >= 11 is 17.5. The van der Waals surface area contributed by atoms with Crippen molar-refractivity contribution in [3.8, 4) is 5.95 Å². The van der Waals surface area contributed by atoms with Gasteiger partial charge < -0.3 is 5.32 Å². The Morgan fingerprint density at radius 3 is 2.40 bits per heavy atom. The van der Waals surface area contributed by atoms with E-state index in [1.54, 1.807) is 25.4 Å². The number of hydrogen-bond acceptors (Lipinski definition) is 6. The number of hydrogen-bond donors (Lipinski definition) is 1. The van der Waals surface area contributed by atoms with E-state index in [1.807, 2.05) is 0 Å². The first kappa shape index (κ1) is 17.5. The minimum atomic E-state index is -0.540. The molecule has 3 aromatic rings. The zero-order chi connectivity index (χ0) is 18.0. The fourth-order valence-corrected chi connectivity index (χ4v) is 2.69. The molecule has 0 saturated heterocycles. The van der Waals surface area contributed by atoms with Gasteiger partial charge in [-0.2, -0.15) is 9.67 Å². The fourth-order valence-electron chi connectivity index (χ4n) is 2.07. The van der Waals surface area contributed by atoms with Crippen LogP contribution in [0, 0.1) is 0 Å². The average Bonchev–Trinajstić information content (AvgIpc) is 2.97. The third-order valence-electron chi connectivity index (χ3n) is 3.11. The minimum absolute atomic E-state index is 0.0125. The van der Waals surface area contributed by atoms with Crippen LogP contribution in [0.4, 0.5) is 0 Å². The van der Waals surface area contributed by atoms with Crippen LogP contribution in [-0.4, -0.2) is 35.6 Å². The van der Waals surface area contributed by atoms with Gasteiger partial charge in [0.25, 0.3) is 11.9 Å². The van der Waals surface area contributed by atoms with E-state index < -0.39 is 11.9 Å². The molecule has 1 N–H and O–H groups in total. The largest absolute Gasteiger partial charge is 0.342 e. The molecule has 0 radical (unpaired) electrons. The number of aromatic nitrogens is 6. The molecule has 0 spiro atoms. The molecule has 0 fully saturated rings. The van der Waals surface area contributed by atoms with Crippen LogP contribution in [0.5, 0.6) is 0 Å². The smallest absolute Gasteiger partial charge is 0.252 e. The molecule has 0 aliphatic rings. The van der Waals surface area contributed by atoms with Gasteiger partial charge in [0.05, 0.1) is 6.04 Å². The van der Waals surface area contributed by atoms with Gasteiger partial charge in [-0.25, -0.2) is 15.0 Å². The van der Waals surface area contributed by atoms with Gasteiger partial charge in [0.2, 0.25) is 5.28 Å². The van der Waals surface area contributed by atoms with Gasteiger partial charge in [-0.3, -0.25) is 4.79 Å². The SMILES string of the molecule is CC(NC(=O)c1cc(Cl)nc(Cl)c1)c1nc(Cl)nn1-c1ncccn1. The van der Waals surface area contributed by atoms with Crippen molar-refractivity contribution >= 4 is 40.7 Å². The van der Waals surface area contributed by atoms with Crippen LogP contribution in [0.25, 0.3) is 5.95 Å².